The summed E-state index contributed by atoms with van der Waals surface area (Å²) in [5.74, 6) is 0.449. The van der Waals surface area contributed by atoms with Crippen LogP contribution in [0.3, 0.4) is 0 Å². The summed E-state index contributed by atoms with van der Waals surface area (Å²) in [6.45, 7) is 6.04. The highest BCUT2D eigenvalue weighted by molar-refractivity contribution is 6.02. The molecule has 0 fully saturated rings. The van der Waals surface area contributed by atoms with E-state index in [4.69, 9.17) is 0 Å². The quantitative estimate of drug-likeness (QED) is 0.714. The number of hydrogen-bond donors (Lipinski definition) is 2. The molecule has 2 aromatic carbocycles. The first-order chi connectivity index (χ1) is 13.4. The predicted octanol–water partition coefficient (Wildman–Crippen LogP) is 3.31. The fraction of sp³-hybridized carbons (Fsp3) is 0.238. The zero-order valence-electron chi connectivity index (χ0n) is 16.4. The normalized spacial score (nSPS) is 10.8. The van der Waals surface area contributed by atoms with E-state index in [-0.39, 0.29) is 11.7 Å². The lowest BCUT2D eigenvalue weighted by Gasteiger charge is -2.12. The van der Waals surface area contributed by atoms with E-state index in [0.717, 1.165) is 11.3 Å². The minimum atomic E-state index is -0.406. The monoisotopic (exact) mass is 377 g/mol. The number of carbonyl (C=O) groups is 2. The third kappa shape index (κ3) is 3.93. The zero-order chi connectivity index (χ0) is 20.3. The molecule has 2 N–H and O–H groups in total. The number of aryl methyl sites for hydroxylation is 1. The van der Waals surface area contributed by atoms with Gasteiger partial charge in [0.1, 0.15) is 5.82 Å². The first-order valence-corrected chi connectivity index (χ1v) is 9.07. The van der Waals surface area contributed by atoms with Crippen LogP contribution in [0.5, 0.6) is 0 Å². The summed E-state index contributed by atoms with van der Waals surface area (Å²) in [7, 11) is 1.57. The van der Waals surface area contributed by atoms with E-state index < -0.39 is 5.91 Å². The van der Waals surface area contributed by atoms with Gasteiger partial charge in [-0.2, -0.15) is 0 Å². The van der Waals surface area contributed by atoms with E-state index in [1.54, 1.807) is 36.0 Å². The number of rotatable bonds is 5. The minimum Gasteiger partial charge on any atom is -0.355 e. The van der Waals surface area contributed by atoms with Gasteiger partial charge in [0.2, 0.25) is 5.82 Å². The van der Waals surface area contributed by atoms with Gasteiger partial charge in [0.15, 0.2) is 0 Å². The molecule has 0 aliphatic rings. The molecule has 0 atom stereocenters. The van der Waals surface area contributed by atoms with Gasteiger partial charge in [-0.25, -0.2) is 9.67 Å². The van der Waals surface area contributed by atoms with Gasteiger partial charge in [-0.1, -0.05) is 32.0 Å². The molecule has 0 aliphatic heterocycles. The summed E-state index contributed by atoms with van der Waals surface area (Å²) < 4.78 is 1.69. The number of hydrogen-bond acceptors (Lipinski definition) is 4. The number of amides is 2. The van der Waals surface area contributed by atoms with Gasteiger partial charge < -0.3 is 10.6 Å². The van der Waals surface area contributed by atoms with Crippen molar-refractivity contribution in [2.24, 2.45) is 0 Å². The molecule has 3 rings (SSSR count). The molecule has 1 heterocycles. The largest absolute Gasteiger partial charge is 0.355 e. The molecule has 0 radical (unpaired) electrons. The van der Waals surface area contributed by atoms with Crippen molar-refractivity contribution in [3.63, 3.8) is 0 Å². The summed E-state index contributed by atoms with van der Waals surface area (Å²) in [4.78, 5) is 28.5. The molecular weight excluding hydrogens is 354 g/mol. The Morgan fingerprint density at radius 3 is 2.32 bits per heavy atom. The smallest absolute Gasteiger partial charge is 0.295 e. The molecule has 2 amide bonds. The lowest BCUT2D eigenvalue weighted by molar-refractivity contribution is 0.0962. The highest BCUT2D eigenvalue weighted by Gasteiger charge is 2.18. The molecule has 7 heteroatoms. The number of nitrogens with zero attached hydrogens (tertiary/aromatic N) is 3. The van der Waals surface area contributed by atoms with Crippen molar-refractivity contribution in [2.45, 2.75) is 26.7 Å². The van der Waals surface area contributed by atoms with Crippen molar-refractivity contribution in [1.82, 2.24) is 20.1 Å². The van der Waals surface area contributed by atoms with Crippen LogP contribution in [0, 0.1) is 6.92 Å². The van der Waals surface area contributed by atoms with E-state index in [0.29, 0.717) is 23.0 Å². The highest BCUT2D eigenvalue weighted by Crippen LogP contribution is 2.23. The van der Waals surface area contributed by atoms with Gasteiger partial charge >= 0.3 is 0 Å². The van der Waals surface area contributed by atoms with Crippen LogP contribution >= 0.6 is 0 Å². The van der Waals surface area contributed by atoms with Crippen molar-refractivity contribution >= 4 is 17.5 Å². The Bertz CT molecular complexity index is 1010. The van der Waals surface area contributed by atoms with Crippen LogP contribution in [-0.4, -0.2) is 33.6 Å². The second-order valence-electron chi connectivity index (χ2n) is 6.72. The standard InChI is InChI=1S/C21H23N5O2/c1-13(2)17-7-5-6-8-18(17)26-14(3)23-19(25-26)21(28)24-16-11-9-15(10-12-16)20(27)22-4/h5-13H,1-4H3,(H,22,27)(H,24,28). The van der Waals surface area contributed by atoms with Crippen molar-refractivity contribution in [2.75, 3.05) is 12.4 Å². The lowest BCUT2D eigenvalue weighted by Crippen LogP contribution is -2.18. The number of aromatic nitrogens is 3. The van der Waals surface area contributed by atoms with E-state index in [1.807, 2.05) is 25.1 Å². The topological polar surface area (TPSA) is 88.9 Å². The number of anilines is 1. The van der Waals surface area contributed by atoms with E-state index in [1.165, 1.54) is 0 Å². The average molecular weight is 377 g/mol. The zero-order valence-corrected chi connectivity index (χ0v) is 16.4. The number of nitrogens with one attached hydrogen (secondary N) is 2. The Morgan fingerprint density at radius 2 is 1.68 bits per heavy atom. The Balaban J connectivity index is 1.83. The van der Waals surface area contributed by atoms with Crippen LogP contribution in [0.2, 0.25) is 0 Å². The summed E-state index contributed by atoms with van der Waals surface area (Å²) in [5, 5.41) is 9.73. The van der Waals surface area contributed by atoms with Gasteiger partial charge in [0, 0.05) is 18.3 Å². The fourth-order valence-corrected chi connectivity index (χ4v) is 2.92. The van der Waals surface area contributed by atoms with Crippen LogP contribution in [0.25, 0.3) is 5.69 Å². The molecule has 0 saturated carbocycles. The van der Waals surface area contributed by atoms with Crippen LogP contribution < -0.4 is 10.6 Å². The van der Waals surface area contributed by atoms with Gasteiger partial charge in [-0.15, -0.1) is 5.10 Å². The van der Waals surface area contributed by atoms with Crippen LogP contribution in [0.1, 0.15) is 52.1 Å². The molecule has 144 valence electrons. The minimum absolute atomic E-state index is 0.0893. The molecule has 0 bridgehead atoms. The van der Waals surface area contributed by atoms with Crippen molar-refractivity contribution in [3.05, 3.63) is 71.3 Å². The fourth-order valence-electron chi connectivity index (χ4n) is 2.92. The van der Waals surface area contributed by atoms with Crippen molar-refractivity contribution < 1.29 is 9.59 Å². The van der Waals surface area contributed by atoms with Crippen molar-refractivity contribution in [3.8, 4) is 5.69 Å². The Hall–Kier alpha value is -3.48. The van der Waals surface area contributed by atoms with Crippen LogP contribution in [0.15, 0.2) is 48.5 Å². The Morgan fingerprint density at radius 1 is 1.00 bits per heavy atom. The first-order valence-electron chi connectivity index (χ1n) is 9.07. The van der Waals surface area contributed by atoms with E-state index >= 15 is 0 Å². The second-order valence-corrected chi connectivity index (χ2v) is 6.72. The number of para-hydroxylation sites is 1. The molecule has 3 aromatic rings. The summed E-state index contributed by atoms with van der Waals surface area (Å²) >= 11 is 0. The molecule has 0 unspecified atom stereocenters. The summed E-state index contributed by atoms with van der Waals surface area (Å²) in [6.07, 6.45) is 0. The van der Waals surface area contributed by atoms with E-state index in [9.17, 15) is 9.59 Å². The number of carbonyl (C=O) groups excluding carboxylic acids is 2. The summed E-state index contributed by atoms with van der Waals surface area (Å²) in [6, 6.07) is 14.6. The Kier molecular flexibility index (Phi) is 5.54. The van der Waals surface area contributed by atoms with Crippen molar-refractivity contribution in [1.29, 1.82) is 0 Å². The second kappa shape index (κ2) is 8.04. The molecule has 0 saturated heterocycles. The maximum absolute atomic E-state index is 12.6. The average Bonchev–Trinajstić information content (AvgIpc) is 3.09. The molecular formula is C21H23N5O2. The first kappa shape index (κ1) is 19.3. The van der Waals surface area contributed by atoms with Gasteiger partial charge in [-0.05, 0) is 48.7 Å². The van der Waals surface area contributed by atoms with Crippen LogP contribution in [0.4, 0.5) is 5.69 Å². The molecule has 1 aromatic heterocycles. The maximum atomic E-state index is 12.6. The summed E-state index contributed by atoms with van der Waals surface area (Å²) in [5.41, 5.74) is 3.13. The van der Waals surface area contributed by atoms with Gasteiger partial charge in [-0.3, -0.25) is 9.59 Å². The van der Waals surface area contributed by atoms with Gasteiger partial charge in [0.05, 0.1) is 5.69 Å². The third-order valence-electron chi connectivity index (χ3n) is 4.39. The van der Waals surface area contributed by atoms with E-state index in [2.05, 4.69) is 40.6 Å². The SMILES string of the molecule is CNC(=O)c1ccc(NC(=O)c2nc(C)n(-c3ccccc3C(C)C)n2)cc1. The lowest BCUT2D eigenvalue weighted by atomic mass is 10.0. The molecule has 0 aliphatic carbocycles. The number of benzene rings is 2. The Labute approximate surface area is 163 Å². The maximum Gasteiger partial charge on any atom is 0.295 e. The molecule has 28 heavy (non-hydrogen) atoms. The molecule has 0 spiro atoms. The molecule has 7 nitrogen and oxygen atoms in total. The van der Waals surface area contributed by atoms with Crippen LogP contribution in [-0.2, 0) is 0 Å². The predicted molar refractivity (Wildman–Crippen MR) is 108 cm³/mol. The van der Waals surface area contributed by atoms with Gasteiger partial charge in [0.25, 0.3) is 11.8 Å². The highest BCUT2D eigenvalue weighted by atomic mass is 16.2. The third-order valence-corrected chi connectivity index (χ3v) is 4.39.